The number of rotatable bonds is 6. The van der Waals surface area contributed by atoms with Gasteiger partial charge in [0.05, 0.1) is 49.9 Å². The van der Waals surface area contributed by atoms with Crippen LogP contribution in [-0.4, -0.2) is 49.0 Å². The summed E-state index contributed by atoms with van der Waals surface area (Å²) in [7, 11) is 3.24. The van der Waals surface area contributed by atoms with E-state index in [2.05, 4.69) is 21.1 Å². The van der Waals surface area contributed by atoms with Crippen molar-refractivity contribution in [3.05, 3.63) is 60.0 Å². The molecule has 6 rings (SSSR count). The Kier molecular flexibility index (Phi) is 5.93. The van der Waals surface area contributed by atoms with Gasteiger partial charge in [-0.05, 0) is 49.6 Å². The second-order valence-corrected chi connectivity index (χ2v) is 9.22. The van der Waals surface area contributed by atoms with E-state index in [0.717, 1.165) is 42.7 Å². The third-order valence-corrected chi connectivity index (χ3v) is 6.97. The van der Waals surface area contributed by atoms with Crippen LogP contribution in [0.25, 0.3) is 22.4 Å². The molecule has 2 aliphatic heterocycles. The van der Waals surface area contributed by atoms with Crippen molar-refractivity contribution in [3.63, 3.8) is 0 Å². The van der Waals surface area contributed by atoms with Gasteiger partial charge in [-0.3, -0.25) is 0 Å². The summed E-state index contributed by atoms with van der Waals surface area (Å²) in [6.07, 6.45) is 5.72. The fraction of sp³-hybridized carbons (Fsp3) is 0.321. The van der Waals surface area contributed by atoms with Crippen LogP contribution in [0.2, 0.25) is 0 Å². The number of ether oxygens (including phenoxy) is 3. The number of furan rings is 1. The molecule has 9 nitrogen and oxygen atoms in total. The Morgan fingerprint density at radius 2 is 1.97 bits per heavy atom. The predicted molar refractivity (Wildman–Crippen MR) is 139 cm³/mol. The van der Waals surface area contributed by atoms with Crippen molar-refractivity contribution >= 4 is 22.6 Å². The molecule has 0 spiro atoms. The fourth-order valence-corrected chi connectivity index (χ4v) is 5.01. The van der Waals surface area contributed by atoms with Crippen LogP contribution in [0.4, 0.5) is 5.69 Å². The van der Waals surface area contributed by atoms with Gasteiger partial charge in [0.25, 0.3) is 0 Å². The molecule has 1 atom stereocenters. The zero-order valence-electron chi connectivity index (χ0n) is 20.8. The van der Waals surface area contributed by atoms with Crippen LogP contribution in [0.5, 0.6) is 11.5 Å². The van der Waals surface area contributed by atoms with Crippen molar-refractivity contribution in [1.82, 2.24) is 9.66 Å². The molecular weight excluding hydrogens is 470 g/mol. The molecule has 0 saturated carbocycles. The van der Waals surface area contributed by atoms with Crippen LogP contribution >= 0.6 is 0 Å². The van der Waals surface area contributed by atoms with Gasteiger partial charge in [-0.1, -0.05) is 0 Å². The Balaban J connectivity index is 1.27. The summed E-state index contributed by atoms with van der Waals surface area (Å²) in [5, 5.41) is 14.4. The van der Waals surface area contributed by atoms with Crippen LogP contribution in [0.1, 0.15) is 30.7 Å². The molecule has 37 heavy (non-hydrogen) atoms. The molecule has 2 aromatic heterocycles. The third kappa shape index (κ3) is 4.35. The van der Waals surface area contributed by atoms with E-state index in [1.54, 1.807) is 18.9 Å². The lowest BCUT2D eigenvalue weighted by molar-refractivity contribution is 0.262. The standard InChI is InChI=1S/C28H27N5O4/c1-34-21-11-24(36-17-20-5-3-4-10-32(20)19-8-6-18(15-29)7-9-19)22-13-26(37-25(22)12-21)23-16-33-27(30-23)14-28(31-33)35-2/h6-9,11-13,16,20H,3-5,10,14,17H2,1-2H3. The lowest BCUT2D eigenvalue weighted by Crippen LogP contribution is -2.43. The first kappa shape index (κ1) is 23.0. The molecule has 188 valence electrons. The van der Waals surface area contributed by atoms with Gasteiger partial charge in [-0.15, -0.1) is 5.10 Å². The SMILES string of the molecule is COC1=Nn2cc(-c3cc4c(OCC5CCCCN5c5ccc(C#N)cc5)cc(OC)cc4o3)nc2C1. The summed E-state index contributed by atoms with van der Waals surface area (Å²) in [6, 6.07) is 15.9. The number of hydrogen-bond acceptors (Lipinski definition) is 8. The van der Waals surface area contributed by atoms with Gasteiger partial charge in [0.1, 0.15) is 35.2 Å². The van der Waals surface area contributed by atoms with E-state index in [0.29, 0.717) is 53.0 Å². The number of benzene rings is 2. The minimum Gasteiger partial charge on any atom is -0.496 e. The van der Waals surface area contributed by atoms with E-state index in [9.17, 15) is 0 Å². The minimum absolute atomic E-state index is 0.221. The van der Waals surface area contributed by atoms with Crippen molar-refractivity contribution in [2.75, 3.05) is 32.3 Å². The molecule has 4 aromatic rings. The normalized spacial score (nSPS) is 16.8. The zero-order valence-corrected chi connectivity index (χ0v) is 20.8. The maximum atomic E-state index is 9.14. The van der Waals surface area contributed by atoms with Gasteiger partial charge in [0.2, 0.25) is 5.90 Å². The lowest BCUT2D eigenvalue weighted by atomic mass is 10.0. The fourth-order valence-electron chi connectivity index (χ4n) is 5.01. The van der Waals surface area contributed by atoms with Gasteiger partial charge < -0.3 is 23.5 Å². The molecule has 1 unspecified atom stereocenters. The molecule has 9 heteroatoms. The average molecular weight is 498 g/mol. The molecule has 4 heterocycles. The molecular formula is C28H27N5O4. The number of anilines is 1. The molecule has 1 saturated heterocycles. The molecule has 0 bridgehead atoms. The van der Waals surface area contributed by atoms with Gasteiger partial charge in [-0.25, -0.2) is 9.66 Å². The molecule has 2 aromatic carbocycles. The Morgan fingerprint density at radius 1 is 1.11 bits per heavy atom. The number of imidazole rings is 1. The van der Waals surface area contributed by atoms with E-state index >= 15 is 0 Å². The van der Waals surface area contributed by atoms with Crippen molar-refractivity contribution in [2.45, 2.75) is 31.7 Å². The largest absolute Gasteiger partial charge is 0.496 e. The van der Waals surface area contributed by atoms with Crippen LogP contribution < -0.4 is 14.4 Å². The summed E-state index contributed by atoms with van der Waals surface area (Å²) in [6.45, 7) is 1.48. The Hall–Kier alpha value is -4.45. The second kappa shape index (κ2) is 9.54. The van der Waals surface area contributed by atoms with Crippen molar-refractivity contribution in [3.8, 4) is 29.0 Å². The van der Waals surface area contributed by atoms with Gasteiger partial charge >= 0.3 is 0 Å². The van der Waals surface area contributed by atoms with Crippen molar-refractivity contribution in [2.24, 2.45) is 5.10 Å². The number of aromatic nitrogens is 2. The van der Waals surface area contributed by atoms with Crippen LogP contribution in [-0.2, 0) is 11.2 Å². The first-order valence-corrected chi connectivity index (χ1v) is 12.4. The highest BCUT2D eigenvalue weighted by Gasteiger charge is 2.25. The first-order chi connectivity index (χ1) is 18.1. The number of nitrogens with zero attached hydrogens (tertiary/aromatic N) is 5. The molecule has 0 aliphatic carbocycles. The van der Waals surface area contributed by atoms with Gasteiger partial charge in [-0.2, -0.15) is 5.26 Å². The predicted octanol–water partition coefficient (Wildman–Crippen LogP) is 4.98. The Bertz CT molecular complexity index is 1510. The minimum atomic E-state index is 0.221. The highest BCUT2D eigenvalue weighted by atomic mass is 16.5. The summed E-state index contributed by atoms with van der Waals surface area (Å²) in [5.41, 5.74) is 3.15. The number of nitriles is 1. The quantitative estimate of drug-likeness (QED) is 0.371. The number of hydrogen-bond donors (Lipinski definition) is 0. The van der Waals surface area contributed by atoms with Crippen molar-refractivity contribution < 1.29 is 18.6 Å². The van der Waals surface area contributed by atoms with Crippen LogP contribution in [0.3, 0.4) is 0 Å². The number of piperidine rings is 1. The highest BCUT2D eigenvalue weighted by molar-refractivity contribution is 5.89. The first-order valence-electron chi connectivity index (χ1n) is 12.4. The van der Waals surface area contributed by atoms with Crippen LogP contribution in [0.15, 0.2) is 58.2 Å². The molecule has 0 amide bonds. The molecule has 1 fully saturated rings. The van der Waals surface area contributed by atoms with E-state index in [1.807, 2.05) is 48.7 Å². The summed E-state index contributed by atoms with van der Waals surface area (Å²) in [4.78, 5) is 7.06. The Labute approximate surface area is 214 Å². The number of fused-ring (bicyclic) bond motifs is 2. The van der Waals surface area contributed by atoms with E-state index in [1.165, 1.54) is 0 Å². The van der Waals surface area contributed by atoms with E-state index in [4.69, 9.17) is 23.9 Å². The average Bonchev–Trinajstić information content (AvgIpc) is 3.65. The van der Waals surface area contributed by atoms with Crippen LogP contribution in [0, 0.1) is 11.3 Å². The maximum Gasteiger partial charge on any atom is 0.214 e. The second-order valence-electron chi connectivity index (χ2n) is 9.22. The highest BCUT2D eigenvalue weighted by Crippen LogP contribution is 2.37. The smallest absolute Gasteiger partial charge is 0.214 e. The number of methoxy groups -OCH3 is 2. The van der Waals surface area contributed by atoms with Gasteiger partial charge in [0.15, 0.2) is 5.76 Å². The van der Waals surface area contributed by atoms with Crippen molar-refractivity contribution in [1.29, 1.82) is 5.26 Å². The topological polar surface area (TPSA) is 98.0 Å². The lowest BCUT2D eigenvalue weighted by Gasteiger charge is -2.37. The molecule has 0 N–H and O–H groups in total. The summed E-state index contributed by atoms with van der Waals surface area (Å²) >= 11 is 0. The third-order valence-electron chi connectivity index (χ3n) is 6.97. The summed E-state index contributed by atoms with van der Waals surface area (Å²) in [5.74, 6) is 3.46. The molecule has 0 radical (unpaired) electrons. The van der Waals surface area contributed by atoms with E-state index < -0.39 is 0 Å². The molecule has 2 aliphatic rings. The summed E-state index contributed by atoms with van der Waals surface area (Å²) < 4.78 is 25.1. The monoisotopic (exact) mass is 497 g/mol. The van der Waals surface area contributed by atoms with Gasteiger partial charge in [0, 0.05) is 24.4 Å². The van der Waals surface area contributed by atoms with E-state index in [-0.39, 0.29) is 6.04 Å². The maximum absolute atomic E-state index is 9.14. The zero-order chi connectivity index (χ0) is 25.4. The Morgan fingerprint density at radius 3 is 2.73 bits per heavy atom.